The molecule has 34 heavy (non-hydrogen) atoms. The number of hydrogen-bond acceptors (Lipinski definition) is 3. The number of rotatable bonds is 7. The summed E-state index contributed by atoms with van der Waals surface area (Å²) in [6.07, 6.45) is 6.05. The Labute approximate surface area is 205 Å². The topological polar surface area (TPSA) is 26.8 Å². The molecule has 0 N–H and O–H groups in total. The third-order valence-corrected chi connectivity index (χ3v) is 9.01. The molecule has 1 aliphatic carbocycles. The molecule has 1 amide bonds. The maximum atomic E-state index is 13.9. The Balaban J connectivity index is 1.60. The monoisotopic (exact) mass is 459 g/mol. The number of likely N-dealkylation sites (N-methyl/N-ethyl adjacent to an activating group) is 1. The van der Waals surface area contributed by atoms with Gasteiger partial charge in [-0.2, -0.15) is 0 Å². The van der Waals surface area contributed by atoms with Gasteiger partial charge in [0.15, 0.2) is 0 Å². The summed E-state index contributed by atoms with van der Waals surface area (Å²) in [5.41, 5.74) is 2.98. The van der Waals surface area contributed by atoms with Crippen LogP contribution in [0.3, 0.4) is 0 Å². The van der Waals surface area contributed by atoms with E-state index < -0.39 is 0 Å². The molecule has 4 fully saturated rings. The molecular weight excluding hydrogens is 418 g/mol. The van der Waals surface area contributed by atoms with Gasteiger partial charge < -0.3 is 4.90 Å². The van der Waals surface area contributed by atoms with Crippen molar-refractivity contribution < 1.29 is 4.79 Å². The highest BCUT2D eigenvalue weighted by molar-refractivity contribution is 5.79. The lowest BCUT2D eigenvalue weighted by Crippen LogP contribution is -2.55. The quantitative estimate of drug-likeness (QED) is 0.575. The lowest BCUT2D eigenvalue weighted by molar-refractivity contribution is -0.135. The van der Waals surface area contributed by atoms with E-state index in [2.05, 4.69) is 89.2 Å². The van der Waals surface area contributed by atoms with Gasteiger partial charge in [-0.25, -0.2) is 0 Å². The Morgan fingerprint density at radius 2 is 1.38 bits per heavy atom. The fourth-order valence-electron chi connectivity index (χ4n) is 7.20. The summed E-state index contributed by atoms with van der Waals surface area (Å²) < 4.78 is 0. The number of likely N-dealkylation sites (tertiary alicyclic amines) is 1. The summed E-state index contributed by atoms with van der Waals surface area (Å²) in [5, 5.41) is 0. The molecule has 0 aromatic heterocycles. The van der Waals surface area contributed by atoms with Gasteiger partial charge in [-0.1, -0.05) is 74.5 Å². The average molecular weight is 460 g/mol. The van der Waals surface area contributed by atoms with Crippen molar-refractivity contribution in [2.45, 2.75) is 69.4 Å². The Hall–Kier alpha value is -2.17. The zero-order chi connectivity index (χ0) is 23.5. The van der Waals surface area contributed by atoms with Crippen molar-refractivity contribution >= 4 is 5.91 Å². The molecule has 2 aromatic rings. The molecule has 4 aliphatic rings. The molecule has 0 spiro atoms. The Morgan fingerprint density at radius 1 is 0.853 bits per heavy atom. The van der Waals surface area contributed by atoms with E-state index in [-0.39, 0.29) is 11.6 Å². The molecule has 2 atom stereocenters. The molecule has 4 heteroatoms. The third kappa shape index (κ3) is 4.43. The number of hydrogen-bond donors (Lipinski definition) is 0. The van der Waals surface area contributed by atoms with Crippen LogP contribution in [0.1, 0.15) is 68.9 Å². The second-order valence-corrected chi connectivity index (χ2v) is 10.7. The summed E-state index contributed by atoms with van der Waals surface area (Å²) in [6, 6.07) is 22.4. The molecule has 3 saturated heterocycles. The van der Waals surface area contributed by atoms with E-state index in [0.717, 1.165) is 26.1 Å². The largest absolute Gasteiger partial charge is 0.337 e. The summed E-state index contributed by atoms with van der Waals surface area (Å²) >= 11 is 0. The van der Waals surface area contributed by atoms with Gasteiger partial charge in [-0.15, -0.1) is 0 Å². The van der Waals surface area contributed by atoms with Gasteiger partial charge in [0.25, 0.3) is 0 Å². The van der Waals surface area contributed by atoms with Gasteiger partial charge in [0.2, 0.25) is 5.91 Å². The van der Waals surface area contributed by atoms with E-state index in [0.29, 0.717) is 24.3 Å². The zero-order valence-corrected chi connectivity index (χ0v) is 21.0. The van der Waals surface area contributed by atoms with E-state index in [4.69, 9.17) is 0 Å². The standard InChI is InChI=1S/C30H41N3O/c1-3-31(4-2)23-28(34)33-20-17-30(32-18-11-12-19-32)21-26(24-13-7-5-8-14-24)29(33)27(22-30)25-15-9-6-10-16-25/h5-10,13-16,26-27,29H,3-4,11-12,17-23H2,1-2H3/t26-,27-,29?,30?/m0/s1. The van der Waals surface area contributed by atoms with Gasteiger partial charge >= 0.3 is 0 Å². The molecular formula is C30H41N3O. The summed E-state index contributed by atoms with van der Waals surface area (Å²) in [5.74, 6) is 1.04. The van der Waals surface area contributed by atoms with Crippen LogP contribution < -0.4 is 0 Å². The Kier molecular flexibility index (Phi) is 7.08. The van der Waals surface area contributed by atoms with Gasteiger partial charge in [-0.3, -0.25) is 14.6 Å². The molecule has 3 aliphatic heterocycles. The fourth-order valence-corrected chi connectivity index (χ4v) is 7.20. The minimum atomic E-state index is 0.179. The van der Waals surface area contributed by atoms with Crippen molar-refractivity contribution in [3.05, 3.63) is 71.8 Å². The molecule has 2 aromatic carbocycles. The van der Waals surface area contributed by atoms with Crippen LogP contribution >= 0.6 is 0 Å². The SMILES string of the molecule is CCN(CC)CC(=O)N1CCC2(N3CCCC3)C[C@@H](c3ccccc3)C1[C@H](c1ccccc1)C2. The molecule has 6 rings (SSSR count). The summed E-state index contributed by atoms with van der Waals surface area (Å²) in [4.78, 5) is 21.3. The van der Waals surface area contributed by atoms with E-state index in [1.807, 2.05) is 0 Å². The highest BCUT2D eigenvalue weighted by Gasteiger charge is 2.55. The van der Waals surface area contributed by atoms with E-state index in [1.54, 1.807) is 0 Å². The van der Waals surface area contributed by atoms with Crippen molar-refractivity contribution in [2.75, 3.05) is 39.3 Å². The first-order valence-electron chi connectivity index (χ1n) is 13.5. The van der Waals surface area contributed by atoms with Gasteiger partial charge in [0.1, 0.15) is 0 Å². The molecule has 2 bridgehead atoms. The van der Waals surface area contributed by atoms with Crippen molar-refractivity contribution in [2.24, 2.45) is 0 Å². The van der Waals surface area contributed by atoms with Crippen LogP contribution in [0.15, 0.2) is 60.7 Å². The van der Waals surface area contributed by atoms with Crippen molar-refractivity contribution in [3.63, 3.8) is 0 Å². The molecule has 3 heterocycles. The first kappa shape index (κ1) is 23.6. The van der Waals surface area contributed by atoms with Crippen LogP contribution in [0.5, 0.6) is 0 Å². The van der Waals surface area contributed by atoms with Gasteiger partial charge in [0, 0.05) is 30.0 Å². The van der Waals surface area contributed by atoms with Gasteiger partial charge in [0.05, 0.1) is 6.54 Å². The molecule has 0 radical (unpaired) electrons. The van der Waals surface area contributed by atoms with Crippen LogP contribution in [-0.2, 0) is 4.79 Å². The second kappa shape index (κ2) is 10.2. The second-order valence-electron chi connectivity index (χ2n) is 10.7. The lowest BCUT2D eigenvalue weighted by atomic mass is 9.63. The van der Waals surface area contributed by atoms with Crippen molar-refractivity contribution in [3.8, 4) is 0 Å². The van der Waals surface area contributed by atoms with Gasteiger partial charge in [-0.05, 0) is 69.4 Å². The molecule has 0 unspecified atom stereocenters. The van der Waals surface area contributed by atoms with Crippen LogP contribution in [0.25, 0.3) is 0 Å². The zero-order valence-electron chi connectivity index (χ0n) is 21.0. The molecule has 1 saturated carbocycles. The molecule has 182 valence electrons. The number of amides is 1. The van der Waals surface area contributed by atoms with Crippen molar-refractivity contribution in [1.82, 2.24) is 14.7 Å². The summed E-state index contributed by atoms with van der Waals surface area (Å²) in [7, 11) is 0. The first-order valence-corrected chi connectivity index (χ1v) is 13.5. The number of benzene rings is 2. The number of carbonyl (C=O) groups excluding carboxylic acids is 1. The minimum absolute atomic E-state index is 0.179. The van der Waals surface area contributed by atoms with Crippen LogP contribution in [0.2, 0.25) is 0 Å². The number of carbonyl (C=O) groups is 1. The maximum absolute atomic E-state index is 13.9. The Morgan fingerprint density at radius 3 is 1.88 bits per heavy atom. The predicted molar refractivity (Wildman–Crippen MR) is 139 cm³/mol. The normalized spacial score (nSPS) is 29.5. The van der Waals surface area contributed by atoms with Crippen LogP contribution in [0, 0.1) is 0 Å². The number of fused-ring (bicyclic) bond motifs is 4. The van der Waals surface area contributed by atoms with E-state index in [9.17, 15) is 4.79 Å². The number of nitrogens with zero attached hydrogens (tertiary/aromatic N) is 3. The fraction of sp³-hybridized carbons (Fsp3) is 0.567. The smallest absolute Gasteiger partial charge is 0.237 e. The van der Waals surface area contributed by atoms with Crippen LogP contribution in [-0.4, -0.2) is 71.5 Å². The van der Waals surface area contributed by atoms with Crippen molar-refractivity contribution in [1.29, 1.82) is 0 Å². The maximum Gasteiger partial charge on any atom is 0.237 e. The Bertz CT molecular complexity index is 887. The highest BCUT2D eigenvalue weighted by Crippen LogP contribution is 2.54. The predicted octanol–water partition coefficient (Wildman–Crippen LogP) is 5.13. The average Bonchev–Trinajstić information content (AvgIpc) is 3.33. The van der Waals surface area contributed by atoms with E-state index in [1.165, 1.54) is 49.9 Å². The third-order valence-electron chi connectivity index (χ3n) is 9.01. The van der Waals surface area contributed by atoms with E-state index >= 15 is 0 Å². The minimum Gasteiger partial charge on any atom is -0.337 e. The summed E-state index contributed by atoms with van der Waals surface area (Å²) in [6.45, 7) is 9.99. The molecule has 4 nitrogen and oxygen atoms in total. The van der Waals surface area contributed by atoms with Crippen LogP contribution in [0.4, 0.5) is 0 Å². The first-order chi connectivity index (χ1) is 16.6. The highest BCUT2D eigenvalue weighted by atomic mass is 16.2. The lowest BCUT2D eigenvalue weighted by Gasteiger charge is -2.51.